The second-order valence-corrected chi connectivity index (χ2v) is 6.62. The van der Waals surface area contributed by atoms with Gasteiger partial charge in [0.25, 0.3) is 0 Å². The molecule has 1 aromatic heterocycles. The maximum absolute atomic E-state index is 5.92. The van der Waals surface area contributed by atoms with Gasteiger partial charge in [-0.15, -0.1) is 0 Å². The Balaban J connectivity index is 1.87. The van der Waals surface area contributed by atoms with E-state index in [1.165, 1.54) is 0 Å². The highest BCUT2D eigenvalue weighted by atomic mass is 79.9. The van der Waals surface area contributed by atoms with Gasteiger partial charge in [0.2, 0.25) is 0 Å². The summed E-state index contributed by atoms with van der Waals surface area (Å²) in [4.78, 5) is 0. The van der Waals surface area contributed by atoms with Crippen LogP contribution >= 0.6 is 15.9 Å². The molecule has 1 aliphatic heterocycles. The molecule has 1 atom stereocenters. The molecule has 1 N–H and O–H groups in total. The highest BCUT2D eigenvalue weighted by Gasteiger charge is 2.26. The van der Waals surface area contributed by atoms with Gasteiger partial charge >= 0.3 is 0 Å². The molecule has 0 bridgehead atoms. The first kappa shape index (κ1) is 13.2. The molecule has 19 heavy (non-hydrogen) atoms. The van der Waals surface area contributed by atoms with Crippen LogP contribution in [0.3, 0.4) is 0 Å². The van der Waals surface area contributed by atoms with Gasteiger partial charge in [0.05, 0.1) is 0 Å². The van der Waals surface area contributed by atoms with Crippen molar-refractivity contribution in [2.75, 3.05) is 13.2 Å². The second-order valence-electron chi connectivity index (χ2n) is 5.71. The molecule has 0 saturated carbocycles. The summed E-state index contributed by atoms with van der Waals surface area (Å²) in [5, 5.41) is 4.64. The molecule has 0 aliphatic carbocycles. The molecule has 3 rings (SSSR count). The molecule has 0 spiro atoms. The van der Waals surface area contributed by atoms with E-state index in [-0.39, 0.29) is 11.6 Å². The quantitative estimate of drug-likeness (QED) is 0.860. The lowest BCUT2D eigenvalue weighted by molar-refractivity contribution is 0.0515. The zero-order valence-corrected chi connectivity index (χ0v) is 12.8. The van der Waals surface area contributed by atoms with E-state index in [0.29, 0.717) is 0 Å². The monoisotopic (exact) mass is 323 g/mol. The lowest BCUT2D eigenvalue weighted by atomic mass is 10.0. The van der Waals surface area contributed by atoms with Gasteiger partial charge in [0, 0.05) is 28.5 Å². The van der Waals surface area contributed by atoms with Crippen molar-refractivity contribution in [2.24, 2.45) is 0 Å². The van der Waals surface area contributed by atoms with Crippen molar-refractivity contribution in [3.05, 3.63) is 34.5 Å². The summed E-state index contributed by atoms with van der Waals surface area (Å²) in [6, 6.07) is 8.11. The number of furan rings is 1. The van der Waals surface area contributed by atoms with Crippen LogP contribution in [-0.4, -0.2) is 18.7 Å². The van der Waals surface area contributed by atoms with Crippen molar-refractivity contribution in [3.63, 3.8) is 0 Å². The van der Waals surface area contributed by atoms with Gasteiger partial charge in [0.1, 0.15) is 17.4 Å². The Hall–Kier alpha value is -0.840. The van der Waals surface area contributed by atoms with Crippen LogP contribution in [0.25, 0.3) is 11.0 Å². The Bertz CT molecular complexity index is 591. The molecule has 1 unspecified atom stereocenters. The lowest BCUT2D eigenvalue weighted by Crippen LogP contribution is -2.39. The zero-order valence-electron chi connectivity index (χ0n) is 11.2. The van der Waals surface area contributed by atoms with E-state index in [1.807, 2.05) is 12.1 Å². The first-order chi connectivity index (χ1) is 9.03. The number of hydrogen-bond acceptors (Lipinski definition) is 3. The minimum Gasteiger partial charge on any atom is -0.458 e. The summed E-state index contributed by atoms with van der Waals surface area (Å²) >= 11 is 3.48. The Labute approximate surface area is 121 Å². The summed E-state index contributed by atoms with van der Waals surface area (Å²) in [6.07, 6.45) is 1.00. The van der Waals surface area contributed by atoms with E-state index in [4.69, 9.17) is 9.15 Å². The first-order valence-electron chi connectivity index (χ1n) is 6.59. The first-order valence-corrected chi connectivity index (χ1v) is 7.38. The van der Waals surface area contributed by atoms with E-state index in [1.54, 1.807) is 0 Å². The van der Waals surface area contributed by atoms with E-state index in [9.17, 15) is 0 Å². The van der Waals surface area contributed by atoms with Crippen LogP contribution in [0.2, 0.25) is 0 Å². The number of hydrogen-bond donors (Lipinski definition) is 1. The fraction of sp³-hybridized carbons (Fsp3) is 0.467. The van der Waals surface area contributed by atoms with Crippen LogP contribution in [-0.2, 0) is 4.74 Å². The van der Waals surface area contributed by atoms with Gasteiger partial charge in [-0.1, -0.05) is 15.9 Å². The second kappa shape index (κ2) is 4.93. The normalized spacial score (nSPS) is 23.4. The van der Waals surface area contributed by atoms with E-state index in [0.717, 1.165) is 40.8 Å². The van der Waals surface area contributed by atoms with Gasteiger partial charge < -0.3 is 14.5 Å². The average Bonchev–Trinajstić information content (AvgIpc) is 2.67. The Morgan fingerprint density at radius 1 is 1.32 bits per heavy atom. The minimum atomic E-state index is -0.00653. The summed E-state index contributed by atoms with van der Waals surface area (Å²) in [5.41, 5.74) is 1.04. The highest BCUT2D eigenvalue weighted by Crippen LogP contribution is 2.29. The molecule has 1 aromatic carbocycles. The summed E-state index contributed by atoms with van der Waals surface area (Å²) in [6.45, 7) is 5.95. The van der Waals surface area contributed by atoms with Crippen LogP contribution < -0.4 is 5.32 Å². The average molecular weight is 324 g/mol. The van der Waals surface area contributed by atoms with Crippen LogP contribution in [0.1, 0.15) is 32.1 Å². The summed E-state index contributed by atoms with van der Waals surface area (Å²) in [5.74, 6) is 0.901. The van der Waals surface area contributed by atoms with Crippen molar-refractivity contribution in [1.82, 2.24) is 5.32 Å². The third-order valence-electron chi connectivity index (χ3n) is 3.63. The number of rotatable bonds is 1. The standard InChI is InChI=1S/C15H18BrNO2/c1-15(2)5-6-18-14(9-17-15)13-8-10-7-11(16)3-4-12(10)19-13/h3-4,7-8,14,17H,5-6,9H2,1-2H3. The van der Waals surface area contributed by atoms with E-state index in [2.05, 4.69) is 47.2 Å². The van der Waals surface area contributed by atoms with E-state index < -0.39 is 0 Å². The molecule has 0 radical (unpaired) electrons. The molecular formula is C15H18BrNO2. The molecule has 4 heteroatoms. The Kier molecular flexibility index (Phi) is 3.41. The predicted octanol–water partition coefficient (Wildman–Crippen LogP) is 4.02. The van der Waals surface area contributed by atoms with Gasteiger partial charge in [0.15, 0.2) is 0 Å². The Morgan fingerprint density at radius 3 is 3.00 bits per heavy atom. The molecule has 3 nitrogen and oxygen atoms in total. The van der Waals surface area contributed by atoms with Gasteiger partial charge in [-0.25, -0.2) is 0 Å². The zero-order chi connectivity index (χ0) is 13.5. The van der Waals surface area contributed by atoms with Crippen molar-refractivity contribution in [3.8, 4) is 0 Å². The molecule has 102 valence electrons. The molecule has 2 heterocycles. The van der Waals surface area contributed by atoms with E-state index >= 15 is 0 Å². The topological polar surface area (TPSA) is 34.4 Å². The maximum Gasteiger partial charge on any atom is 0.135 e. The van der Waals surface area contributed by atoms with Crippen molar-refractivity contribution < 1.29 is 9.15 Å². The molecule has 1 fully saturated rings. The predicted molar refractivity (Wildman–Crippen MR) is 79.3 cm³/mol. The van der Waals surface area contributed by atoms with Gasteiger partial charge in [-0.2, -0.15) is 0 Å². The third kappa shape index (κ3) is 2.86. The van der Waals surface area contributed by atoms with Crippen molar-refractivity contribution >= 4 is 26.9 Å². The summed E-state index contributed by atoms with van der Waals surface area (Å²) in [7, 11) is 0. The minimum absolute atomic E-state index is 0.00653. The Morgan fingerprint density at radius 2 is 2.16 bits per heavy atom. The fourth-order valence-corrected chi connectivity index (χ4v) is 2.73. The molecule has 1 saturated heterocycles. The van der Waals surface area contributed by atoms with Crippen molar-refractivity contribution in [1.29, 1.82) is 0 Å². The maximum atomic E-state index is 5.92. The van der Waals surface area contributed by atoms with Gasteiger partial charge in [-0.05, 0) is 44.5 Å². The largest absolute Gasteiger partial charge is 0.458 e. The molecule has 2 aromatic rings. The lowest BCUT2D eigenvalue weighted by Gasteiger charge is -2.22. The smallest absolute Gasteiger partial charge is 0.135 e. The number of nitrogens with one attached hydrogen (secondary N) is 1. The fourth-order valence-electron chi connectivity index (χ4n) is 2.35. The number of ether oxygens (including phenoxy) is 1. The molecular weight excluding hydrogens is 306 g/mol. The van der Waals surface area contributed by atoms with Crippen LogP contribution in [0, 0.1) is 0 Å². The van der Waals surface area contributed by atoms with Crippen molar-refractivity contribution in [2.45, 2.75) is 31.9 Å². The molecule has 1 aliphatic rings. The number of benzene rings is 1. The summed E-state index contributed by atoms with van der Waals surface area (Å²) < 4.78 is 12.9. The molecule has 0 amide bonds. The SMILES string of the molecule is CC1(C)CCOC(c2cc3cc(Br)ccc3o2)CN1. The van der Waals surface area contributed by atoms with Gasteiger partial charge in [-0.3, -0.25) is 0 Å². The van der Waals surface area contributed by atoms with Crippen LogP contribution in [0.5, 0.6) is 0 Å². The van der Waals surface area contributed by atoms with Crippen LogP contribution in [0.15, 0.2) is 33.2 Å². The third-order valence-corrected chi connectivity index (χ3v) is 4.12. The highest BCUT2D eigenvalue weighted by molar-refractivity contribution is 9.10. The number of fused-ring (bicyclic) bond motifs is 1. The number of halogens is 1. The van der Waals surface area contributed by atoms with Crippen LogP contribution in [0.4, 0.5) is 0 Å².